The number of phenolic OH excluding ortho intramolecular Hbond substituents is 2. The molecule has 1 heterocycles. The molecule has 0 atom stereocenters. The van der Waals surface area contributed by atoms with Crippen molar-refractivity contribution in [2.45, 2.75) is 29.4 Å². The van der Waals surface area contributed by atoms with Gasteiger partial charge < -0.3 is 25.8 Å². The first-order valence-corrected chi connectivity index (χ1v) is 30.4. The van der Waals surface area contributed by atoms with E-state index in [0.29, 0.717) is 35.0 Å². The molecule has 0 radical (unpaired) electrons. The topological polar surface area (TPSA) is 599 Å². The van der Waals surface area contributed by atoms with Crippen LogP contribution < -0.4 is 10.5 Å². The van der Waals surface area contributed by atoms with E-state index in [0.717, 1.165) is 66.7 Å². The lowest BCUT2D eigenvalue weighted by atomic mass is 10.1. The Hall–Kier alpha value is -9.80. The molecule has 0 bridgehead atoms. The number of carbonyl (C=O) groups excluding carboxylic acids is 1. The summed E-state index contributed by atoms with van der Waals surface area (Å²) in [6, 6.07) is 12.3. The van der Waals surface area contributed by atoms with Crippen molar-refractivity contribution in [1.82, 2.24) is 9.78 Å². The predicted octanol–water partition coefficient (Wildman–Crippen LogP) is 7.46. The third-order valence-electron chi connectivity index (χ3n) is 11.3. The van der Waals surface area contributed by atoms with Crippen LogP contribution in [0.2, 0.25) is 0 Å². The molecular weight excluding hydrogens is 1260 g/mol. The lowest BCUT2D eigenvalue weighted by Gasteiger charge is -2.13. The number of ether oxygens (including phenoxy) is 1. The highest BCUT2D eigenvalue weighted by Gasteiger charge is 2.30. The molecule has 1 aromatic heterocycles. The second-order valence-electron chi connectivity index (χ2n) is 16.6. The van der Waals surface area contributed by atoms with E-state index in [4.69, 9.17) is 10.5 Å². The molecule has 0 saturated carbocycles. The fraction of sp³-hybridized carbons (Fsp3) is 0. The van der Waals surface area contributed by atoms with Gasteiger partial charge in [-0.05, 0) is 78.9 Å². The molecule has 37 nitrogen and oxygen atoms in total. The Morgan fingerprint density at radius 2 is 1.02 bits per heavy atom. The highest BCUT2D eigenvalue weighted by Crippen LogP contribution is 2.49. The molecule has 8 aromatic rings. The highest BCUT2D eigenvalue weighted by atomic mass is 32.2. The summed E-state index contributed by atoms with van der Waals surface area (Å²) in [7, 11) is -31.9. The SMILES string of the molecule is Nc1c(N=Nc2ccc3c(O)c(N=Nc4ccc(N=Nc5c(OC=O)nn(-c6ccc(S(=O)(=O)O)cc6)c5O)c(S(=O)(=O)O)c4)c(S(=O)(=O)O)cc3c2S(=O)(=O)O)cc(S(=O)(=O)O)c2ccc(N=Nc3ccc([N+](=O)[O-])cc3S(=O)(=O)O)c(O)c12. The van der Waals surface area contributed by atoms with E-state index in [1.165, 1.54) is 0 Å². The molecule has 0 fully saturated rings. The van der Waals surface area contributed by atoms with Crippen LogP contribution in [0, 0.1) is 10.1 Å². The number of benzene rings is 7. The number of rotatable bonds is 18. The Balaban J connectivity index is 1.19. The monoisotopic (exact) mass is 1290 g/mol. The van der Waals surface area contributed by atoms with Crippen LogP contribution in [-0.2, 0) is 65.5 Å². The van der Waals surface area contributed by atoms with Gasteiger partial charge in [-0.2, -0.15) is 60.3 Å². The van der Waals surface area contributed by atoms with E-state index in [1.54, 1.807) is 0 Å². The van der Waals surface area contributed by atoms with Gasteiger partial charge in [0.05, 0.1) is 32.3 Å². The van der Waals surface area contributed by atoms with Gasteiger partial charge in [-0.3, -0.25) is 42.2 Å². The molecule has 442 valence electrons. The number of hydrogen-bond acceptors (Lipinski definition) is 29. The van der Waals surface area contributed by atoms with Gasteiger partial charge in [0.2, 0.25) is 11.6 Å². The number of aromatic hydroxyl groups is 3. The quantitative estimate of drug-likeness (QED) is 0.00994. The maximum Gasteiger partial charge on any atom is 0.299 e. The van der Waals surface area contributed by atoms with Gasteiger partial charge in [-0.15, -0.1) is 40.9 Å². The summed E-state index contributed by atoms with van der Waals surface area (Å²) in [4.78, 5) is 14.8. The maximum atomic E-state index is 13.1. The van der Waals surface area contributed by atoms with Crippen molar-refractivity contribution in [2.24, 2.45) is 40.9 Å². The number of anilines is 1. The number of fused-ring (bicyclic) bond motifs is 2. The molecule has 43 heteroatoms. The number of nitrogens with zero attached hydrogens (tertiary/aromatic N) is 11. The number of aromatic nitrogens is 2. The van der Waals surface area contributed by atoms with Gasteiger partial charge in [0.15, 0.2) is 11.5 Å². The minimum Gasteiger partial charge on any atom is -0.505 e. The van der Waals surface area contributed by atoms with Crippen molar-refractivity contribution in [2.75, 3.05) is 5.73 Å². The number of hydrogen-bond donors (Lipinski definition) is 10. The molecule has 0 amide bonds. The Morgan fingerprint density at radius 3 is 1.60 bits per heavy atom. The number of carbonyl (C=O) groups is 1. The van der Waals surface area contributed by atoms with Crippen LogP contribution >= 0.6 is 0 Å². The van der Waals surface area contributed by atoms with Crippen LogP contribution in [-0.4, -0.2) is 114 Å². The van der Waals surface area contributed by atoms with Crippen LogP contribution in [0.3, 0.4) is 0 Å². The molecule has 0 aliphatic rings. The van der Waals surface area contributed by atoms with Crippen molar-refractivity contribution in [3.63, 3.8) is 0 Å². The van der Waals surface area contributed by atoms with E-state index in [1.807, 2.05) is 0 Å². The molecule has 0 aliphatic carbocycles. The summed E-state index contributed by atoms with van der Waals surface area (Å²) < 4.78 is 215. The smallest absolute Gasteiger partial charge is 0.299 e. The molecule has 0 saturated heterocycles. The summed E-state index contributed by atoms with van der Waals surface area (Å²) in [5, 5.41) is 74.9. The van der Waals surface area contributed by atoms with Crippen molar-refractivity contribution in [3.8, 4) is 28.9 Å². The molecule has 8 rings (SSSR count). The maximum absolute atomic E-state index is 13.1. The number of phenols is 2. The van der Waals surface area contributed by atoms with Crippen molar-refractivity contribution >= 4 is 146 Å². The minimum absolute atomic E-state index is 0.110. The fourth-order valence-electron chi connectivity index (χ4n) is 7.59. The highest BCUT2D eigenvalue weighted by molar-refractivity contribution is 7.87. The first kappa shape index (κ1) is 61.3. The largest absolute Gasteiger partial charge is 0.505 e. The zero-order valence-electron chi connectivity index (χ0n) is 40.8. The number of nitro groups is 1. The summed E-state index contributed by atoms with van der Waals surface area (Å²) >= 11 is 0. The van der Waals surface area contributed by atoms with E-state index >= 15 is 0 Å². The lowest BCUT2D eigenvalue weighted by molar-refractivity contribution is -0.385. The van der Waals surface area contributed by atoms with Crippen molar-refractivity contribution in [3.05, 3.63) is 107 Å². The van der Waals surface area contributed by atoms with Crippen LogP contribution in [0.25, 0.3) is 27.2 Å². The van der Waals surface area contributed by atoms with E-state index in [9.17, 15) is 108 Å². The van der Waals surface area contributed by atoms with Crippen LogP contribution in [0.4, 0.5) is 56.9 Å². The second-order valence-corrected chi connectivity index (χ2v) is 24.9. The first-order chi connectivity index (χ1) is 39.4. The normalized spacial score (nSPS) is 13.1. The molecular formula is C42H28N12O25S6. The van der Waals surface area contributed by atoms with Gasteiger partial charge in [0, 0.05) is 28.3 Å². The zero-order chi connectivity index (χ0) is 62.7. The number of nitro benzene ring substituents is 1. The minimum atomic E-state index is -5.70. The molecule has 7 aromatic carbocycles. The van der Waals surface area contributed by atoms with Gasteiger partial charge >= 0.3 is 0 Å². The Labute approximate surface area is 472 Å². The van der Waals surface area contributed by atoms with Crippen LogP contribution in [0.15, 0.2) is 167 Å². The van der Waals surface area contributed by atoms with Crippen LogP contribution in [0.5, 0.6) is 23.3 Å². The van der Waals surface area contributed by atoms with Gasteiger partial charge in [-0.25, -0.2) is 0 Å². The van der Waals surface area contributed by atoms with Gasteiger partial charge in [0.25, 0.3) is 78.7 Å². The average Bonchev–Trinajstić information content (AvgIpc) is 1.51. The number of non-ortho nitro benzene ring substituents is 1. The fourth-order valence-corrected chi connectivity index (χ4v) is 11.5. The molecule has 0 unspecified atom stereocenters. The first-order valence-electron chi connectivity index (χ1n) is 21.8. The summed E-state index contributed by atoms with van der Waals surface area (Å²) in [6.07, 6.45) is 0. The third kappa shape index (κ3) is 12.6. The number of nitrogen functional groups attached to an aromatic ring is 1. The summed E-state index contributed by atoms with van der Waals surface area (Å²) in [6.45, 7) is -0.162. The molecule has 85 heavy (non-hydrogen) atoms. The lowest BCUT2D eigenvalue weighted by Crippen LogP contribution is -2.03. The predicted molar refractivity (Wildman–Crippen MR) is 283 cm³/mol. The Morgan fingerprint density at radius 1 is 0.506 bits per heavy atom. The van der Waals surface area contributed by atoms with Crippen LogP contribution in [0.1, 0.15) is 0 Å². The molecule has 0 aliphatic heterocycles. The van der Waals surface area contributed by atoms with Crippen molar-refractivity contribution in [1.29, 1.82) is 0 Å². The van der Waals surface area contributed by atoms with E-state index in [2.05, 4.69) is 46.0 Å². The summed E-state index contributed by atoms with van der Waals surface area (Å²) in [5.74, 6) is -4.11. The second kappa shape index (κ2) is 22.1. The Kier molecular flexibility index (Phi) is 15.9. The molecule has 11 N–H and O–H groups in total. The Bertz CT molecular complexity index is 5080. The average molecular weight is 1290 g/mol. The zero-order valence-corrected chi connectivity index (χ0v) is 45.7. The van der Waals surface area contributed by atoms with E-state index in [-0.39, 0.29) is 12.2 Å². The van der Waals surface area contributed by atoms with E-state index < -0.39 is 197 Å². The van der Waals surface area contributed by atoms with Gasteiger partial charge in [-0.1, -0.05) is 6.07 Å². The number of azo groups is 4. The standard InChI is InChI=1S/C42H28N12O25S6/c43-35-29(16-30(81(64,65)66)23-8-11-27(39(57)34(23)35)47-45-26-10-4-20(54(59)60)14-32(26)83(70,71)72)49-48-28-12-7-22-24(40(28)85(76,77)78)15-33(84(73,74)75)36(38(22)56)50-44-18-1-9-25(31(13-18)82(67,68)69)46-51-37-41(79-17-55)52-53(42(37)58)19-2-5-21(6-3-19)80(61,62)63/h1-17,56-58H,43H2,(H,61,62,63)(H,64,65,66)(H,67,68,69)(H,70,71,72)(H,73,74,75)(H,76,77,78). The summed E-state index contributed by atoms with van der Waals surface area (Å²) in [5.41, 5.74) is -1.85. The third-order valence-corrected chi connectivity index (χ3v) is 16.6. The van der Waals surface area contributed by atoms with Gasteiger partial charge in [0.1, 0.15) is 58.6 Å². The number of nitrogens with two attached hydrogens (primary N) is 1. The van der Waals surface area contributed by atoms with Crippen molar-refractivity contribution < 1.29 is 108 Å². The molecule has 0 spiro atoms.